The molecule has 2 aromatic carbocycles. The molecule has 3 rings (SSSR count). The lowest BCUT2D eigenvalue weighted by molar-refractivity contribution is -0.137. The Morgan fingerprint density at radius 2 is 1.75 bits per heavy atom. The molecule has 0 aliphatic carbocycles. The standard InChI is InChI=1S/C18H11ClF3N3O3/c19-16-24-9-14(10-4-6-11(7-5-10)18(20,21)22)15(25-16)27-12-2-1-3-13(8-12)28-17(23)26/h1-9H,(H2,23,26). The Labute approximate surface area is 161 Å². The highest BCUT2D eigenvalue weighted by Gasteiger charge is 2.30. The van der Waals surface area contributed by atoms with E-state index in [4.69, 9.17) is 26.8 Å². The first-order valence-corrected chi connectivity index (χ1v) is 8.05. The highest BCUT2D eigenvalue weighted by Crippen LogP contribution is 2.35. The van der Waals surface area contributed by atoms with Crippen molar-refractivity contribution in [3.05, 3.63) is 65.6 Å². The zero-order chi connectivity index (χ0) is 20.3. The van der Waals surface area contributed by atoms with Gasteiger partial charge in [-0.05, 0) is 41.4 Å². The molecule has 1 amide bonds. The summed E-state index contributed by atoms with van der Waals surface area (Å²) >= 11 is 5.82. The van der Waals surface area contributed by atoms with Gasteiger partial charge in [-0.1, -0.05) is 18.2 Å². The molecule has 10 heteroatoms. The summed E-state index contributed by atoms with van der Waals surface area (Å²) in [7, 11) is 0. The molecule has 0 saturated heterocycles. The smallest absolute Gasteiger partial charge is 0.416 e. The zero-order valence-corrected chi connectivity index (χ0v) is 14.7. The van der Waals surface area contributed by atoms with Gasteiger partial charge in [0, 0.05) is 12.3 Å². The van der Waals surface area contributed by atoms with Crippen LogP contribution in [0.2, 0.25) is 5.28 Å². The number of nitrogens with zero attached hydrogens (tertiary/aromatic N) is 2. The van der Waals surface area contributed by atoms with Crippen molar-refractivity contribution >= 4 is 17.7 Å². The second-order valence-electron chi connectivity index (χ2n) is 5.43. The number of halogens is 4. The van der Waals surface area contributed by atoms with Crippen molar-refractivity contribution in [2.75, 3.05) is 0 Å². The molecule has 0 unspecified atom stereocenters. The topological polar surface area (TPSA) is 87.3 Å². The Morgan fingerprint density at radius 1 is 1.07 bits per heavy atom. The summed E-state index contributed by atoms with van der Waals surface area (Å²) in [5.74, 6) is 0.388. The van der Waals surface area contributed by atoms with Gasteiger partial charge in [0.25, 0.3) is 0 Å². The molecule has 0 saturated carbocycles. The minimum atomic E-state index is -4.45. The average Bonchev–Trinajstić information content (AvgIpc) is 2.61. The first kappa shape index (κ1) is 19.4. The van der Waals surface area contributed by atoms with Gasteiger partial charge < -0.3 is 15.2 Å². The molecule has 0 aliphatic rings. The van der Waals surface area contributed by atoms with Gasteiger partial charge in [-0.15, -0.1) is 0 Å². The fraction of sp³-hybridized carbons (Fsp3) is 0.0556. The van der Waals surface area contributed by atoms with Crippen molar-refractivity contribution in [3.8, 4) is 28.5 Å². The van der Waals surface area contributed by atoms with Gasteiger partial charge in [0.15, 0.2) is 0 Å². The molecule has 2 N–H and O–H groups in total. The van der Waals surface area contributed by atoms with E-state index in [1.807, 2.05) is 0 Å². The highest BCUT2D eigenvalue weighted by molar-refractivity contribution is 6.28. The number of aromatic nitrogens is 2. The molecule has 0 aliphatic heterocycles. The Balaban J connectivity index is 1.95. The van der Waals surface area contributed by atoms with Gasteiger partial charge in [0.05, 0.1) is 11.1 Å². The van der Waals surface area contributed by atoms with E-state index in [1.165, 1.54) is 30.5 Å². The van der Waals surface area contributed by atoms with E-state index >= 15 is 0 Å². The van der Waals surface area contributed by atoms with Gasteiger partial charge in [-0.25, -0.2) is 9.78 Å². The second kappa shape index (κ2) is 7.73. The Bertz CT molecular complexity index is 1010. The van der Waals surface area contributed by atoms with Crippen LogP contribution in [-0.4, -0.2) is 16.1 Å². The number of carbonyl (C=O) groups is 1. The summed E-state index contributed by atoms with van der Waals surface area (Å²) < 4.78 is 48.7. The third kappa shape index (κ3) is 4.68. The van der Waals surface area contributed by atoms with Gasteiger partial charge in [0.1, 0.15) is 11.5 Å². The van der Waals surface area contributed by atoms with Crippen molar-refractivity contribution in [2.45, 2.75) is 6.18 Å². The zero-order valence-electron chi connectivity index (χ0n) is 13.9. The number of ether oxygens (including phenoxy) is 2. The molecular weight excluding hydrogens is 399 g/mol. The van der Waals surface area contributed by atoms with Crippen LogP contribution in [-0.2, 0) is 6.18 Å². The Morgan fingerprint density at radius 3 is 2.39 bits per heavy atom. The van der Waals surface area contributed by atoms with Crippen LogP contribution in [0.25, 0.3) is 11.1 Å². The molecule has 0 radical (unpaired) electrons. The number of primary amides is 1. The lowest BCUT2D eigenvalue weighted by atomic mass is 10.1. The van der Waals surface area contributed by atoms with Gasteiger partial charge >= 0.3 is 12.3 Å². The summed E-state index contributed by atoms with van der Waals surface area (Å²) in [6, 6.07) is 10.4. The van der Waals surface area contributed by atoms with Crippen molar-refractivity contribution in [1.82, 2.24) is 9.97 Å². The van der Waals surface area contributed by atoms with Crippen LogP contribution < -0.4 is 15.2 Å². The molecule has 1 aromatic heterocycles. The normalized spacial score (nSPS) is 11.1. The number of hydrogen-bond acceptors (Lipinski definition) is 5. The molecule has 0 atom stereocenters. The first-order chi connectivity index (χ1) is 13.2. The highest BCUT2D eigenvalue weighted by atomic mass is 35.5. The predicted molar refractivity (Wildman–Crippen MR) is 94.2 cm³/mol. The summed E-state index contributed by atoms with van der Waals surface area (Å²) in [6.07, 6.45) is -4.11. The number of amides is 1. The molecule has 0 bridgehead atoms. The quantitative estimate of drug-likeness (QED) is 0.608. The maximum atomic E-state index is 12.8. The summed E-state index contributed by atoms with van der Waals surface area (Å²) in [4.78, 5) is 18.7. The fourth-order valence-electron chi connectivity index (χ4n) is 2.29. The number of rotatable bonds is 4. The molecule has 144 valence electrons. The van der Waals surface area contributed by atoms with Crippen LogP contribution in [0.15, 0.2) is 54.7 Å². The number of carbonyl (C=O) groups excluding carboxylic acids is 1. The lowest BCUT2D eigenvalue weighted by Gasteiger charge is -2.12. The third-order valence-electron chi connectivity index (χ3n) is 3.49. The molecule has 1 heterocycles. The number of benzene rings is 2. The van der Waals surface area contributed by atoms with E-state index in [0.29, 0.717) is 11.1 Å². The minimum Gasteiger partial charge on any atom is -0.438 e. The van der Waals surface area contributed by atoms with Gasteiger partial charge in [-0.3, -0.25) is 0 Å². The van der Waals surface area contributed by atoms with Crippen LogP contribution in [0.3, 0.4) is 0 Å². The summed E-state index contributed by atoms with van der Waals surface area (Å²) in [5, 5.41) is -0.116. The van der Waals surface area contributed by atoms with Gasteiger partial charge in [0.2, 0.25) is 11.2 Å². The molecule has 6 nitrogen and oxygen atoms in total. The van der Waals surface area contributed by atoms with E-state index in [-0.39, 0.29) is 22.7 Å². The van der Waals surface area contributed by atoms with Crippen LogP contribution in [0.5, 0.6) is 17.4 Å². The first-order valence-electron chi connectivity index (χ1n) is 7.68. The monoisotopic (exact) mass is 409 g/mol. The fourth-order valence-corrected chi connectivity index (χ4v) is 2.42. The maximum absolute atomic E-state index is 12.8. The Hall–Kier alpha value is -3.33. The molecular formula is C18H11ClF3N3O3. The second-order valence-corrected chi connectivity index (χ2v) is 5.77. The third-order valence-corrected chi connectivity index (χ3v) is 3.67. The maximum Gasteiger partial charge on any atom is 0.416 e. The SMILES string of the molecule is NC(=O)Oc1cccc(Oc2nc(Cl)ncc2-c2ccc(C(F)(F)F)cc2)c1. The largest absolute Gasteiger partial charge is 0.438 e. The van der Waals surface area contributed by atoms with E-state index in [9.17, 15) is 18.0 Å². The van der Waals surface area contributed by atoms with Gasteiger partial charge in [-0.2, -0.15) is 18.2 Å². The van der Waals surface area contributed by atoms with Crippen LogP contribution in [0.1, 0.15) is 5.56 Å². The van der Waals surface area contributed by atoms with Crippen molar-refractivity contribution in [2.24, 2.45) is 5.73 Å². The van der Waals surface area contributed by atoms with E-state index in [0.717, 1.165) is 12.1 Å². The average molecular weight is 410 g/mol. The number of hydrogen-bond donors (Lipinski definition) is 1. The van der Waals surface area contributed by atoms with E-state index in [2.05, 4.69) is 9.97 Å². The van der Waals surface area contributed by atoms with Crippen LogP contribution in [0.4, 0.5) is 18.0 Å². The minimum absolute atomic E-state index is 0.0102. The van der Waals surface area contributed by atoms with Crippen LogP contribution >= 0.6 is 11.6 Å². The van der Waals surface area contributed by atoms with Crippen LogP contribution in [0, 0.1) is 0 Å². The van der Waals surface area contributed by atoms with E-state index in [1.54, 1.807) is 12.1 Å². The molecule has 0 spiro atoms. The van der Waals surface area contributed by atoms with Crippen molar-refractivity contribution < 1.29 is 27.4 Å². The van der Waals surface area contributed by atoms with Crippen molar-refractivity contribution in [1.29, 1.82) is 0 Å². The number of nitrogens with two attached hydrogens (primary N) is 1. The Kier molecular flexibility index (Phi) is 5.36. The summed E-state index contributed by atoms with van der Waals surface area (Å²) in [6.45, 7) is 0. The molecule has 3 aromatic rings. The lowest BCUT2D eigenvalue weighted by Crippen LogP contribution is -2.16. The van der Waals surface area contributed by atoms with E-state index < -0.39 is 17.8 Å². The molecule has 0 fully saturated rings. The molecule has 28 heavy (non-hydrogen) atoms. The number of alkyl halides is 3. The predicted octanol–water partition coefficient (Wildman–Crippen LogP) is 5.07. The summed E-state index contributed by atoms with van der Waals surface area (Å²) in [5.41, 5.74) is 4.89. The van der Waals surface area contributed by atoms with Crippen molar-refractivity contribution in [3.63, 3.8) is 0 Å².